The van der Waals surface area contributed by atoms with Gasteiger partial charge in [-0.15, -0.1) is 0 Å². The fourth-order valence-electron chi connectivity index (χ4n) is 8.19. The standard InChI is InChI=1S/C50H58N6O6/c1-33-27-35-15-13-14-16-37(35)32-56(33)47(58)44-29-38-31-54(48(59)61-41-21-19-40(20-22-41)55(26-25-51(6)7)49(60)62-50(3,4)5)24-23-36(38)28-43(44)45-30-42(34(2)52(45)8)46(57)53(9)39-17-11-10-12-18-39/h10-22,28-30,33H,23-27,31-32H2,1-9H3/t33-/m1/s1. The molecule has 0 radical (unpaired) electrons. The smallest absolute Gasteiger partial charge is 0.415 e. The van der Waals surface area contributed by atoms with E-state index in [2.05, 4.69) is 25.1 Å². The van der Waals surface area contributed by atoms with E-state index in [0.717, 1.165) is 45.7 Å². The van der Waals surface area contributed by atoms with Gasteiger partial charge in [0.2, 0.25) is 0 Å². The predicted octanol–water partition coefficient (Wildman–Crippen LogP) is 8.72. The number of fused-ring (bicyclic) bond motifs is 2. The minimum atomic E-state index is -0.659. The van der Waals surface area contributed by atoms with Crippen LogP contribution in [0.3, 0.4) is 0 Å². The summed E-state index contributed by atoms with van der Waals surface area (Å²) in [4.78, 5) is 64.6. The van der Waals surface area contributed by atoms with Crippen LogP contribution >= 0.6 is 0 Å². The largest absolute Gasteiger partial charge is 0.443 e. The molecule has 12 nitrogen and oxygen atoms in total. The number of ether oxygens (including phenoxy) is 2. The summed E-state index contributed by atoms with van der Waals surface area (Å²) in [5.41, 5.74) is 8.37. The van der Waals surface area contributed by atoms with E-state index in [9.17, 15) is 19.2 Å². The highest BCUT2D eigenvalue weighted by atomic mass is 16.6. The van der Waals surface area contributed by atoms with Gasteiger partial charge < -0.3 is 33.6 Å². The van der Waals surface area contributed by atoms with Crippen LogP contribution in [0.25, 0.3) is 11.3 Å². The summed E-state index contributed by atoms with van der Waals surface area (Å²) < 4.78 is 13.6. The highest BCUT2D eigenvalue weighted by molar-refractivity contribution is 6.08. The molecule has 1 atom stereocenters. The number of carbonyl (C=O) groups is 4. The molecule has 0 bridgehead atoms. The van der Waals surface area contributed by atoms with E-state index >= 15 is 0 Å². The number of likely N-dealkylation sites (N-methyl/N-ethyl adjacent to an activating group) is 1. The van der Waals surface area contributed by atoms with Gasteiger partial charge in [0.25, 0.3) is 11.8 Å². The molecule has 12 heteroatoms. The predicted molar refractivity (Wildman–Crippen MR) is 243 cm³/mol. The van der Waals surface area contributed by atoms with Gasteiger partial charge in [-0.1, -0.05) is 42.5 Å². The highest BCUT2D eigenvalue weighted by Crippen LogP contribution is 2.36. The molecule has 5 aromatic rings. The summed E-state index contributed by atoms with van der Waals surface area (Å²) in [5.74, 6) is 0.0917. The van der Waals surface area contributed by atoms with Gasteiger partial charge in [-0.3, -0.25) is 14.5 Å². The number of para-hydroxylation sites is 1. The molecule has 0 saturated carbocycles. The van der Waals surface area contributed by atoms with Gasteiger partial charge in [0.15, 0.2) is 0 Å². The Morgan fingerprint density at radius 2 is 1.44 bits per heavy atom. The van der Waals surface area contributed by atoms with E-state index in [1.54, 1.807) is 46.0 Å². The van der Waals surface area contributed by atoms with Gasteiger partial charge in [0.1, 0.15) is 11.4 Å². The Morgan fingerprint density at radius 1 is 0.758 bits per heavy atom. The first-order chi connectivity index (χ1) is 29.5. The van der Waals surface area contributed by atoms with Crippen LogP contribution in [-0.2, 0) is 37.7 Å². The summed E-state index contributed by atoms with van der Waals surface area (Å²) in [6.07, 6.45) is 0.317. The van der Waals surface area contributed by atoms with Crippen molar-refractivity contribution in [1.82, 2.24) is 19.3 Å². The lowest BCUT2D eigenvalue weighted by molar-refractivity contribution is 0.0577. The molecule has 0 unspecified atom stereocenters. The first-order valence-electron chi connectivity index (χ1n) is 21.2. The number of aromatic nitrogens is 1. The molecule has 62 heavy (non-hydrogen) atoms. The quantitative estimate of drug-likeness (QED) is 0.146. The SMILES string of the molecule is Cc1c(C(=O)N(C)c2ccccc2)cc(-c2cc3c(cc2C(=O)N2Cc4ccccc4C[C@H]2C)CN(C(=O)Oc2ccc(N(CCN(C)C)C(=O)OC(C)(C)C)cc2)CC3)n1C. The van der Waals surface area contributed by atoms with Crippen molar-refractivity contribution >= 4 is 35.4 Å². The van der Waals surface area contributed by atoms with E-state index < -0.39 is 17.8 Å². The fraction of sp³-hybridized carbons (Fsp3) is 0.360. The van der Waals surface area contributed by atoms with Crippen molar-refractivity contribution in [3.63, 3.8) is 0 Å². The monoisotopic (exact) mass is 838 g/mol. The zero-order valence-electron chi connectivity index (χ0n) is 37.4. The van der Waals surface area contributed by atoms with E-state index in [1.807, 2.05) is 118 Å². The van der Waals surface area contributed by atoms with Gasteiger partial charge in [-0.05, 0) is 138 Å². The maximum Gasteiger partial charge on any atom is 0.415 e. The number of rotatable bonds is 9. The van der Waals surface area contributed by atoms with Crippen LogP contribution in [0.4, 0.5) is 21.0 Å². The average molecular weight is 839 g/mol. The fourth-order valence-corrected chi connectivity index (χ4v) is 8.19. The molecular formula is C50H58N6O6. The van der Waals surface area contributed by atoms with Gasteiger partial charge in [-0.25, -0.2) is 9.59 Å². The lowest BCUT2D eigenvalue weighted by Crippen LogP contribution is -2.43. The summed E-state index contributed by atoms with van der Waals surface area (Å²) in [6, 6.07) is 30.5. The second-order valence-electron chi connectivity index (χ2n) is 17.7. The van der Waals surface area contributed by atoms with E-state index in [-0.39, 0.29) is 24.4 Å². The number of hydrogen-bond acceptors (Lipinski definition) is 7. The number of nitrogens with zero attached hydrogens (tertiary/aromatic N) is 6. The van der Waals surface area contributed by atoms with Crippen LogP contribution in [-0.4, -0.2) is 95.7 Å². The molecule has 0 saturated heterocycles. The molecule has 0 fully saturated rings. The van der Waals surface area contributed by atoms with Crippen LogP contribution in [0.5, 0.6) is 5.75 Å². The van der Waals surface area contributed by atoms with Crippen LogP contribution < -0.4 is 14.5 Å². The Hall–Kier alpha value is -6.40. The summed E-state index contributed by atoms with van der Waals surface area (Å²) in [7, 11) is 7.58. The zero-order chi connectivity index (χ0) is 44.5. The van der Waals surface area contributed by atoms with Crippen molar-refractivity contribution in [2.24, 2.45) is 7.05 Å². The van der Waals surface area contributed by atoms with Crippen LogP contribution in [0.15, 0.2) is 97.1 Å². The molecule has 0 N–H and O–H groups in total. The third kappa shape index (κ3) is 9.40. The molecule has 0 aliphatic carbocycles. The number of hydrogen-bond donors (Lipinski definition) is 0. The van der Waals surface area contributed by atoms with Crippen molar-refractivity contribution < 1.29 is 28.7 Å². The molecule has 1 aromatic heterocycles. The first-order valence-corrected chi connectivity index (χ1v) is 21.2. The maximum absolute atomic E-state index is 14.9. The van der Waals surface area contributed by atoms with Crippen molar-refractivity contribution in [2.45, 2.75) is 72.2 Å². The lowest BCUT2D eigenvalue weighted by atomic mass is 9.90. The van der Waals surface area contributed by atoms with E-state index in [4.69, 9.17) is 9.47 Å². The van der Waals surface area contributed by atoms with Crippen LogP contribution in [0.2, 0.25) is 0 Å². The molecule has 2 aliphatic rings. The van der Waals surface area contributed by atoms with Gasteiger partial charge in [-0.2, -0.15) is 0 Å². The summed E-state index contributed by atoms with van der Waals surface area (Å²) in [6.45, 7) is 11.7. The number of amides is 4. The van der Waals surface area contributed by atoms with Gasteiger partial charge in [0.05, 0.1) is 5.56 Å². The third-order valence-electron chi connectivity index (χ3n) is 11.8. The topological polar surface area (TPSA) is 108 Å². The van der Waals surface area contributed by atoms with Crippen LogP contribution in [0, 0.1) is 6.92 Å². The van der Waals surface area contributed by atoms with Crippen molar-refractivity contribution in [1.29, 1.82) is 0 Å². The Kier molecular flexibility index (Phi) is 12.6. The van der Waals surface area contributed by atoms with Gasteiger partial charge >= 0.3 is 12.2 Å². The Labute approximate surface area is 365 Å². The molecule has 4 amide bonds. The maximum atomic E-state index is 14.9. The Balaban J connectivity index is 1.17. The minimum Gasteiger partial charge on any atom is -0.443 e. The van der Waals surface area contributed by atoms with E-state index in [1.165, 1.54) is 5.56 Å². The Bertz CT molecular complexity index is 2470. The van der Waals surface area contributed by atoms with Crippen molar-refractivity contribution in [2.75, 3.05) is 50.6 Å². The molecule has 324 valence electrons. The summed E-state index contributed by atoms with van der Waals surface area (Å²) in [5, 5.41) is 0. The second kappa shape index (κ2) is 17.9. The van der Waals surface area contributed by atoms with Crippen LogP contribution in [0.1, 0.15) is 76.4 Å². The van der Waals surface area contributed by atoms with Crippen molar-refractivity contribution in [3.05, 3.63) is 136 Å². The third-order valence-corrected chi connectivity index (χ3v) is 11.8. The number of carbonyl (C=O) groups excluding carboxylic acids is 4. The summed E-state index contributed by atoms with van der Waals surface area (Å²) >= 11 is 0. The number of anilines is 2. The van der Waals surface area contributed by atoms with Crippen molar-refractivity contribution in [3.8, 4) is 17.0 Å². The normalized spacial score (nSPS) is 14.8. The number of benzene rings is 4. The molecule has 4 aromatic carbocycles. The van der Waals surface area contributed by atoms with E-state index in [0.29, 0.717) is 55.2 Å². The highest BCUT2D eigenvalue weighted by Gasteiger charge is 2.33. The van der Waals surface area contributed by atoms with Gasteiger partial charge in [0, 0.05) is 86.8 Å². The molecule has 7 rings (SSSR count). The second-order valence-corrected chi connectivity index (χ2v) is 17.7. The first kappa shape index (κ1) is 43.7. The minimum absolute atomic E-state index is 0.0462. The molecular weight excluding hydrogens is 781 g/mol. The molecule has 0 spiro atoms. The Morgan fingerprint density at radius 3 is 2.11 bits per heavy atom. The average Bonchev–Trinajstić information content (AvgIpc) is 3.54. The lowest BCUT2D eigenvalue weighted by Gasteiger charge is -2.36. The molecule has 2 aliphatic heterocycles. The zero-order valence-corrected chi connectivity index (χ0v) is 37.4. The molecule has 3 heterocycles.